The average Bonchev–Trinajstić information content (AvgIpc) is 2.81. The van der Waals surface area contributed by atoms with E-state index in [0.717, 1.165) is 5.82 Å². The first kappa shape index (κ1) is 13.3. The molecule has 2 amide bonds. The Balaban J connectivity index is 2.08. The van der Waals surface area contributed by atoms with Crippen LogP contribution in [0.4, 0.5) is 4.79 Å². The lowest BCUT2D eigenvalue weighted by atomic mass is 10.3. The summed E-state index contributed by atoms with van der Waals surface area (Å²) in [5.74, 6) is -0.291. The first-order valence-corrected chi connectivity index (χ1v) is 6.13. The Morgan fingerprint density at radius 1 is 1.47 bits per heavy atom. The van der Waals surface area contributed by atoms with Gasteiger partial charge < -0.3 is 19.5 Å². The maximum atomic E-state index is 12.3. The molecular formula is C11H17N5O3. The van der Waals surface area contributed by atoms with Crippen molar-refractivity contribution in [1.82, 2.24) is 24.6 Å². The Bertz CT molecular complexity index is 484. The maximum absolute atomic E-state index is 12.3. The van der Waals surface area contributed by atoms with E-state index in [-0.39, 0.29) is 18.6 Å². The zero-order valence-electron chi connectivity index (χ0n) is 11.0. The number of fused-ring (bicyclic) bond motifs is 1. The molecule has 0 saturated heterocycles. The summed E-state index contributed by atoms with van der Waals surface area (Å²) in [5, 5.41) is 16.6. The van der Waals surface area contributed by atoms with Crippen LogP contribution in [0.1, 0.15) is 19.7 Å². The second-order valence-electron chi connectivity index (χ2n) is 4.76. The van der Waals surface area contributed by atoms with Gasteiger partial charge in [-0.2, -0.15) is 0 Å². The van der Waals surface area contributed by atoms with Crippen LogP contribution < -0.4 is 0 Å². The number of carboxylic acids is 1. The lowest BCUT2D eigenvalue weighted by molar-refractivity contribution is -0.138. The summed E-state index contributed by atoms with van der Waals surface area (Å²) in [6.45, 7) is 4.84. The molecule has 19 heavy (non-hydrogen) atoms. The zero-order chi connectivity index (χ0) is 14.0. The van der Waals surface area contributed by atoms with Gasteiger partial charge in [0, 0.05) is 19.1 Å². The summed E-state index contributed by atoms with van der Waals surface area (Å²) in [6.07, 6.45) is 1.63. The minimum atomic E-state index is -1.01. The van der Waals surface area contributed by atoms with E-state index in [2.05, 4.69) is 10.2 Å². The van der Waals surface area contributed by atoms with Gasteiger partial charge in [-0.1, -0.05) is 0 Å². The lowest BCUT2D eigenvalue weighted by Crippen LogP contribution is -2.50. The van der Waals surface area contributed by atoms with Crippen LogP contribution in [0.15, 0.2) is 6.33 Å². The molecule has 1 aromatic heterocycles. The van der Waals surface area contributed by atoms with Crippen molar-refractivity contribution in [2.75, 3.05) is 13.1 Å². The molecule has 2 heterocycles. The van der Waals surface area contributed by atoms with Crippen LogP contribution in [0.2, 0.25) is 0 Å². The molecule has 8 heteroatoms. The van der Waals surface area contributed by atoms with Crippen molar-refractivity contribution in [1.29, 1.82) is 0 Å². The van der Waals surface area contributed by atoms with Crippen molar-refractivity contribution in [2.24, 2.45) is 0 Å². The van der Waals surface area contributed by atoms with Crippen LogP contribution in [0, 0.1) is 0 Å². The van der Waals surface area contributed by atoms with Gasteiger partial charge in [0.1, 0.15) is 12.9 Å². The molecule has 1 aromatic rings. The van der Waals surface area contributed by atoms with Crippen LogP contribution >= 0.6 is 0 Å². The number of carbonyl (C=O) groups excluding carboxylic acids is 1. The molecule has 8 nitrogen and oxygen atoms in total. The number of carboxylic acid groups (broad SMARTS) is 1. The Hall–Kier alpha value is -2.12. The molecule has 0 atom stereocenters. The van der Waals surface area contributed by atoms with E-state index in [1.54, 1.807) is 25.1 Å². The number of amides is 2. The number of aliphatic carboxylic acids is 1. The van der Waals surface area contributed by atoms with Crippen LogP contribution in [-0.2, 0) is 17.9 Å². The summed E-state index contributed by atoms with van der Waals surface area (Å²) in [7, 11) is 0. The second kappa shape index (κ2) is 5.25. The van der Waals surface area contributed by atoms with E-state index in [0.29, 0.717) is 19.6 Å². The van der Waals surface area contributed by atoms with Gasteiger partial charge in [0.15, 0.2) is 5.82 Å². The van der Waals surface area contributed by atoms with Crippen LogP contribution in [0.25, 0.3) is 0 Å². The van der Waals surface area contributed by atoms with Gasteiger partial charge >= 0.3 is 12.0 Å². The highest BCUT2D eigenvalue weighted by Crippen LogP contribution is 2.13. The molecule has 0 aromatic carbocycles. The molecule has 0 fully saturated rings. The fourth-order valence-electron chi connectivity index (χ4n) is 2.03. The number of rotatable bonds is 3. The topological polar surface area (TPSA) is 91.6 Å². The van der Waals surface area contributed by atoms with E-state index in [9.17, 15) is 9.59 Å². The van der Waals surface area contributed by atoms with E-state index >= 15 is 0 Å². The summed E-state index contributed by atoms with van der Waals surface area (Å²) in [4.78, 5) is 26.1. The molecule has 0 unspecified atom stereocenters. The highest BCUT2D eigenvalue weighted by Gasteiger charge is 2.28. The van der Waals surface area contributed by atoms with Gasteiger partial charge in [0.2, 0.25) is 0 Å². The minimum absolute atomic E-state index is 0.164. The molecule has 0 radical (unpaired) electrons. The quantitative estimate of drug-likeness (QED) is 0.832. The lowest BCUT2D eigenvalue weighted by Gasteiger charge is -2.34. The number of carbonyl (C=O) groups is 2. The molecule has 1 N–H and O–H groups in total. The highest BCUT2D eigenvalue weighted by atomic mass is 16.4. The van der Waals surface area contributed by atoms with E-state index < -0.39 is 5.97 Å². The van der Waals surface area contributed by atoms with Crippen molar-refractivity contribution < 1.29 is 14.7 Å². The zero-order valence-corrected chi connectivity index (χ0v) is 11.0. The third-order valence-corrected chi connectivity index (χ3v) is 3.08. The normalized spacial score (nSPS) is 14.4. The van der Waals surface area contributed by atoms with E-state index in [4.69, 9.17) is 5.11 Å². The molecular weight excluding hydrogens is 250 g/mol. The second-order valence-corrected chi connectivity index (χ2v) is 4.76. The van der Waals surface area contributed by atoms with Gasteiger partial charge in [-0.3, -0.25) is 4.79 Å². The Labute approximate surface area is 110 Å². The third kappa shape index (κ3) is 2.83. The van der Waals surface area contributed by atoms with E-state index in [1.807, 2.05) is 4.57 Å². The fourth-order valence-corrected chi connectivity index (χ4v) is 2.03. The van der Waals surface area contributed by atoms with Gasteiger partial charge in [-0.05, 0) is 13.8 Å². The van der Waals surface area contributed by atoms with Crippen molar-refractivity contribution in [2.45, 2.75) is 33.0 Å². The van der Waals surface area contributed by atoms with Crippen molar-refractivity contribution in [3.05, 3.63) is 12.2 Å². The monoisotopic (exact) mass is 267 g/mol. The van der Waals surface area contributed by atoms with E-state index in [1.165, 1.54) is 4.90 Å². The average molecular weight is 267 g/mol. The summed E-state index contributed by atoms with van der Waals surface area (Å²) in [6, 6.07) is -0.435. The smallest absolute Gasteiger partial charge is 0.323 e. The molecule has 0 spiro atoms. The number of nitrogens with zero attached hydrogens (tertiary/aromatic N) is 5. The minimum Gasteiger partial charge on any atom is -0.480 e. The van der Waals surface area contributed by atoms with Crippen molar-refractivity contribution >= 4 is 12.0 Å². The SMILES string of the molecule is CC(C)N(CC(=O)O)C(=O)N1CCn2cnnc2C1. The molecule has 1 aliphatic rings. The van der Waals surface area contributed by atoms with Gasteiger partial charge in [-0.15, -0.1) is 10.2 Å². The highest BCUT2D eigenvalue weighted by molar-refractivity contribution is 5.80. The number of hydrogen-bond acceptors (Lipinski definition) is 4. The van der Waals surface area contributed by atoms with Crippen molar-refractivity contribution in [3.8, 4) is 0 Å². The summed E-state index contributed by atoms with van der Waals surface area (Å²) < 4.78 is 1.89. The maximum Gasteiger partial charge on any atom is 0.323 e. The molecule has 1 aliphatic heterocycles. The van der Waals surface area contributed by atoms with Gasteiger partial charge in [-0.25, -0.2) is 4.79 Å². The molecule has 104 valence electrons. The third-order valence-electron chi connectivity index (χ3n) is 3.08. The number of hydrogen-bond donors (Lipinski definition) is 1. The summed E-state index contributed by atoms with van der Waals surface area (Å²) in [5.41, 5.74) is 0. The van der Waals surface area contributed by atoms with Crippen LogP contribution in [0.3, 0.4) is 0 Å². The predicted octanol–water partition coefficient (Wildman–Crippen LogP) is 0.00870. The Morgan fingerprint density at radius 3 is 2.84 bits per heavy atom. The summed E-state index contributed by atoms with van der Waals surface area (Å²) >= 11 is 0. The predicted molar refractivity (Wildman–Crippen MR) is 65.3 cm³/mol. The number of urea groups is 1. The van der Waals surface area contributed by atoms with Crippen molar-refractivity contribution in [3.63, 3.8) is 0 Å². The fraction of sp³-hybridized carbons (Fsp3) is 0.636. The molecule has 0 saturated carbocycles. The van der Waals surface area contributed by atoms with Crippen LogP contribution in [-0.4, -0.2) is 60.8 Å². The Kier molecular flexibility index (Phi) is 3.68. The molecule has 0 aliphatic carbocycles. The first-order chi connectivity index (χ1) is 8.99. The van der Waals surface area contributed by atoms with Gasteiger partial charge in [0.05, 0.1) is 6.54 Å². The molecule has 2 rings (SSSR count). The first-order valence-electron chi connectivity index (χ1n) is 6.13. The standard InChI is InChI=1S/C11H17N5O3/c1-8(2)16(6-10(17)18)11(19)14-3-4-15-7-12-13-9(15)5-14/h7-8H,3-6H2,1-2H3,(H,17,18). The van der Waals surface area contributed by atoms with Gasteiger partial charge in [0.25, 0.3) is 0 Å². The Morgan fingerprint density at radius 2 is 2.21 bits per heavy atom. The molecule has 0 bridgehead atoms. The number of aromatic nitrogens is 3. The van der Waals surface area contributed by atoms with Crippen LogP contribution in [0.5, 0.6) is 0 Å². The largest absolute Gasteiger partial charge is 0.480 e.